The van der Waals surface area contributed by atoms with Crippen molar-refractivity contribution >= 4 is 5.71 Å². The van der Waals surface area contributed by atoms with Crippen molar-refractivity contribution < 1.29 is 5.21 Å². The predicted octanol–water partition coefficient (Wildman–Crippen LogP) is 1.70. The number of oxime groups is 1. The maximum Gasteiger partial charge on any atom is 0.137 e. The van der Waals surface area contributed by atoms with Gasteiger partial charge < -0.3 is 5.21 Å². The van der Waals surface area contributed by atoms with Crippen LogP contribution in [0, 0.1) is 0 Å². The van der Waals surface area contributed by atoms with Gasteiger partial charge in [-0.15, -0.1) is 0 Å². The van der Waals surface area contributed by atoms with Gasteiger partial charge in [0.2, 0.25) is 0 Å². The minimum atomic E-state index is 0.420. The lowest BCUT2D eigenvalue weighted by Crippen LogP contribution is -2.05. The van der Waals surface area contributed by atoms with E-state index in [-0.39, 0.29) is 0 Å². The summed E-state index contributed by atoms with van der Waals surface area (Å²) < 4.78 is 0. The van der Waals surface area contributed by atoms with Crippen LogP contribution in [0.3, 0.4) is 0 Å². The van der Waals surface area contributed by atoms with Gasteiger partial charge in [0.1, 0.15) is 11.4 Å². The van der Waals surface area contributed by atoms with E-state index in [9.17, 15) is 0 Å². The zero-order valence-electron chi connectivity index (χ0n) is 7.91. The Kier molecular flexibility index (Phi) is 2.69. The van der Waals surface area contributed by atoms with Gasteiger partial charge in [-0.05, 0) is 0 Å². The first-order valence-electron chi connectivity index (χ1n) is 4.45. The highest BCUT2D eigenvalue weighted by Gasteiger charge is 2.07. The van der Waals surface area contributed by atoms with Crippen LogP contribution in [0.2, 0.25) is 0 Å². The first-order chi connectivity index (χ1) is 7.42. The monoisotopic (exact) mass is 199 g/mol. The molecule has 0 saturated carbocycles. The van der Waals surface area contributed by atoms with Crippen molar-refractivity contribution in [1.29, 1.82) is 0 Å². The highest BCUT2D eigenvalue weighted by atomic mass is 16.4. The van der Waals surface area contributed by atoms with Gasteiger partial charge in [-0.3, -0.25) is 9.97 Å². The third-order valence-electron chi connectivity index (χ3n) is 1.95. The zero-order chi connectivity index (χ0) is 10.5. The lowest BCUT2D eigenvalue weighted by molar-refractivity contribution is 0.319. The molecule has 4 nitrogen and oxygen atoms in total. The lowest BCUT2D eigenvalue weighted by atomic mass is 10.1. The van der Waals surface area contributed by atoms with Gasteiger partial charge >= 0.3 is 0 Å². The average molecular weight is 199 g/mol. The van der Waals surface area contributed by atoms with Crippen molar-refractivity contribution in [1.82, 2.24) is 9.97 Å². The maximum absolute atomic E-state index is 8.95. The van der Waals surface area contributed by atoms with Gasteiger partial charge in [0.25, 0.3) is 0 Å². The Morgan fingerprint density at radius 2 is 1.93 bits per heavy atom. The molecule has 1 aromatic heterocycles. The van der Waals surface area contributed by atoms with Gasteiger partial charge in [-0.1, -0.05) is 35.5 Å². The van der Waals surface area contributed by atoms with E-state index in [4.69, 9.17) is 5.21 Å². The Hall–Kier alpha value is -2.23. The third kappa shape index (κ3) is 1.99. The Morgan fingerprint density at radius 3 is 2.53 bits per heavy atom. The molecule has 0 amide bonds. The van der Waals surface area contributed by atoms with Crippen LogP contribution in [0.15, 0.2) is 54.1 Å². The maximum atomic E-state index is 8.95. The molecule has 0 radical (unpaired) electrons. The van der Waals surface area contributed by atoms with E-state index in [1.165, 1.54) is 0 Å². The number of benzene rings is 1. The van der Waals surface area contributed by atoms with Crippen LogP contribution in [0.25, 0.3) is 0 Å². The largest absolute Gasteiger partial charge is 0.410 e. The molecule has 74 valence electrons. The smallest absolute Gasteiger partial charge is 0.137 e. The van der Waals surface area contributed by atoms with Gasteiger partial charge in [-0.25, -0.2) is 0 Å². The number of hydrogen-bond donors (Lipinski definition) is 1. The van der Waals surface area contributed by atoms with Crippen LogP contribution in [0.4, 0.5) is 0 Å². The first-order valence-corrected chi connectivity index (χ1v) is 4.45. The number of aromatic nitrogens is 2. The second-order valence-electron chi connectivity index (χ2n) is 2.91. The fraction of sp³-hybridized carbons (Fsp3) is 0. The van der Waals surface area contributed by atoms with E-state index in [1.54, 1.807) is 18.6 Å². The van der Waals surface area contributed by atoms with Crippen molar-refractivity contribution in [3.63, 3.8) is 0 Å². The highest BCUT2D eigenvalue weighted by Crippen LogP contribution is 2.06. The zero-order valence-corrected chi connectivity index (χ0v) is 7.91. The molecular formula is C11H9N3O. The van der Waals surface area contributed by atoms with Crippen LogP contribution >= 0.6 is 0 Å². The quantitative estimate of drug-likeness (QED) is 0.455. The van der Waals surface area contributed by atoms with Gasteiger partial charge in [0, 0.05) is 18.0 Å². The topological polar surface area (TPSA) is 58.4 Å². The van der Waals surface area contributed by atoms with Crippen molar-refractivity contribution in [3.05, 3.63) is 60.2 Å². The van der Waals surface area contributed by atoms with Crippen LogP contribution in [0.5, 0.6) is 0 Å². The highest BCUT2D eigenvalue weighted by molar-refractivity contribution is 6.11. The molecule has 4 heteroatoms. The number of hydrogen-bond acceptors (Lipinski definition) is 4. The van der Waals surface area contributed by atoms with Crippen LogP contribution in [-0.2, 0) is 0 Å². The molecule has 1 N–H and O–H groups in total. The number of nitrogens with zero attached hydrogens (tertiary/aromatic N) is 3. The molecule has 0 aliphatic rings. The summed E-state index contributed by atoms with van der Waals surface area (Å²) in [4.78, 5) is 8.00. The van der Waals surface area contributed by atoms with E-state index in [2.05, 4.69) is 15.1 Å². The summed E-state index contributed by atoms with van der Waals surface area (Å²) in [5, 5.41) is 12.2. The van der Waals surface area contributed by atoms with Crippen LogP contribution in [0.1, 0.15) is 11.3 Å². The molecule has 0 atom stereocenters. The fourth-order valence-electron chi connectivity index (χ4n) is 1.27. The van der Waals surface area contributed by atoms with Crippen molar-refractivity contribution in [2.24, 2.45) is 5.16 Å². The van der Waals surface area contributed by atoms with Crippen molar-refractivity contribution in [2.75, 3.05) is 0 Å². The first kappa shape index (κ1) is 9.33. The SMILES string of the molecule is O/N=C(/c1ccccc1)c1cnccn1. The van der Waals surface area contributed by atoms with Gasteiger partial charge in [0.05, 0.1) is 6.20 Å². The Balaban J connectivity index is 2.44. The fourth-order valence-corrected chi connectivity index (χ4v) is 1.27. The molecule has 0 aliphatic heterocycles. The Labute approximate surface area is 86.9 Å². The summed E-state index contributed by atoms with van der Waals surface area (Å²) in [6.45, 7) is 0. The van der Waals surface area contributed by atoms with Crippen LogP contribution in [-0.4, -0.2) is 20.9 Å². The minimum absolute atomic E-state index is 0.420. The molecule has 0 aliphatic carbocycles. The molecule has 1 aromatic carbocycles. The second kappa shape index (κ2) is 4.32. The van der Waals surface area contributed by atoms with Crippen LogP contribution < -0.4 is 0 Å². The van der Waals surface area contributed by atoms with E-state index < -0.39 is 0 Å². The molecular weight excluding hydrogens is 190 g/mol. The molecule has 15 heavy (non-hydrogen) atoms. The molecule has 0 unspecified atom stereocenters. The van der Waals surface area contributed by atoms with E-state index >= 15 is 0 Å². The van der Waals surface area contributed by atoms with Crippen molar-refractivity contribution in [2.45, 2.75) is 0 Å². The van der Waals surface area contributed by atoms with Gasteiger partial charge in [0.15, 0.2) is 0 Å². The summed E-state index contributed by atoms with van der Waals surface area (Å²) in [5.41, 5.74) is 1.77. The summed E-state index contributed by atoms with van der Waals surface area (Å²) in [7, 11) is 0. The summed E-state index contributed by atoms with van der Waals surface area (Å²) in [6, 6.07) is 9.34. The third-order valence-corrected chi connectivity index (χ3v) is 1.95. The molecule has 0 bridgehead atoms. The molecule has 1 heterocycles. The molecule has 2 rings (SSSR count). The summed E-state index contributed by atoms with van der Waals surface area (Å²) >= 11 is 0. The standard InChI is InChI=1S/C11H9N3O/c15-14-11(9-4-2-1-3-5-9)10-8-12-6-7-13-10/h1-8,15H/b14-11-. The predicted molar refractivity (Wildman–Crippen MR) is 55.9 cm³/mol. The average Bonchev–Trinajstić information content (AvgIpc) is 2.33. The lowest BCUT2D eigenvalue weighted by Gasteiger charge is -2.02. The molecule has 2 aromatic rings. The Bertz CT molecular complexity index is 412. The summed E-state index contributed by atoms with van der Waals surface area (Å²) in [6.07, 6.45) is 4.69. The minimum Gasteiger partial charge on any atom is -0.410 e. The second-order valence-corrected chi connectivity index (χ2v) is 2.91. The Morgan fingerprint density at radius 1 is 1.13 bits per heavy atom. The molecule has 0 spiro atoms. The molecule has 0 fully saturated rings. The van der Waals surface area contributed by atoms with E-state index in [1.807, 2.05) is 30.3 Å². The normalized spacial score (nSPS) is 11.3. The van der Waals surface area contributed by atoms with Crippen molar-refractivity contribution in [3.8, 4) is 0 Å². The molecule has 0 saturated heterocycles. The van der Waals surface area contributed by atoms with E-state index in [0.717, 1.165) is 5.56 Å². The van der Waals surface area contributed by atoms with Gasteiger partial charge in [-0.2, -0.15) is 0 Å². The summed E-state index contributed by atoms with van der Waals surface area (Å²) in [5.74, 6) is 0. The van der Waals surface area contributed by atoms with E-state index in [0.29, 0.717) is 11.4 Å². The number of rotatable bonds is 2.